The molecule has 0 spiro atoms. The Kier molecular flexibility index (Phi) is 10.0. The monoisotopic (exact) mass is 256 g/mol. The summed E-state index contributed by atoms with van der Waals surface area (Å²) in [5.41, 5.74) is 0. The van der Waals surface area contributed by atoms with Crippen molar-refractivity contribution in [1.82, 2.24) is 0 Å². The lowest BCUT2D eigenvalue weighted by molar-refractivity contribution is -0.143. The standard InChI is InChI=1S/C14H24O4/c1-3-4-5-6-7-8-9-12(2)18-14(17)11-10-13(15)16/h10-12H,3-9H2,1-2H3,(H,15,16)/b11-10+. The molecule has 0 saturated carbocycles. The highest BCUT2D eigenvalue weighted by Gasteiger charge is 2.06. The van der Waals surface area contributed by atoms with Crippen LogP contribution in [0.1, 0.15) is 58.8 Å². The van der Waals surface area contributed by atoms with Gasteiger partial charge in [-0.25, -0.2) is 9.59 Å². The van der Waals surface area contributed by atoms with Crippen molar-refractivity contribution < 1.29 is 19.4 Å². The Morgan fingerprint density at radius 3 is 2.33 bits per heavy atom. The van der Waals surface area contributed by atoms with E-state index in [1.807, 2.05) is 6.92 Å². The molecule has 104 valence electrons. The maximum absolute atomic E-state index is 11.2. The van der Waals surface area contributed by atoms with Crippen LogP contribution in [0.4, 0.5) is 0 Å². The molecule has 18 heavy (non-hydrogen) atoms. The summed E-state index contributed by atoms with van der Waals surface area (Å²) in [6.45, 7) is 4.02. The number of unbranched alkanes of at least 4 members (excludes halogenated alkanes) is 5. The average molecular weight is 256 g/mol. The molecule has 0 aliphatic carbocycles. The second kappa shape index (κ2) is 10.8. The van der Waals surface area contributed by atoms with Gasteiger partial charge in [0, 0.05) is 12.2 Å². The highest BCUT2D eigenvalue weighted by atomic mass is 16.5. The van der Waals surface area contributed by atoms with Gasteiger partial charge in [-0.15, -0.1) is 0 Å². The van der Waals surface area contributed by atoms with Gasteiger partial charge in [0.05, 0.1) is 6.10 Å². The fraction of sp³-hybridized carbons (Fsp3) is 0.714. The number of carboxylic acid groups (broad SMARTS) is 1. The quantitative estimate of drug-likeness (QED) is 0.370. The molecule has 1 unspecified atom stereocenters. The van der Waals surface area contributed by atoms with Gasteiger partial charge < -0.3 is 9.84 Å². The first-order valence-electron chi connectivity index (χ1n) is 6.68. The number of carbonyl (C=O) groups is 2. The topological polar surface area (TPSA) is 63.6 Å². The van der Waals surface area contributed by atoms with E-state index in [-0.39, 0.29) is 6.10 Å². The van der Waals surface area contributed by atoms with Gasteiger partial charge in [-0.2, -0.15) is 0 Å². The molecule has 0 radical (unpaired) electrons. The van der Waals surface area contributed by atoms with Crippen LogP contribution in [0.5, 0.6) is 0 Å². The summed E-state index contributed by atoms with van der Waals surface area (Å²) >= 11 is 0. The molecule has 4 nitrogen and oxygen atoms in total. The summed E-state index contributed by atoms with van der Waals surface area (Å²) in [6.07, 6.45) is 9.64. The summed E-state index contributed by atoms with van der Waals surface area (Å²) in [5, 5.41) is 8.35. The predicted octanol–water partition coefficient (Wildman–Crippen LogP) is 3.31. The highest BCUT2D eigenvalue weighted by molar-refractivity contribution is 5.90. The maximum atomic E-state index is 11.2. The normalized spacial score (nSPS) is 12.6. The van der Waals surface area contributed by atoms with Crippen LogP contribution < -0.4 is 0 Å². The SMILES string of the molecule is CCCCCCCCC(C)OC(=O)/C=C/C(=O)O. The molecule has 0 aliphatic heterocycles. The van der Waals surface area contributed by atoms with Gasteiger partial charge in [0.15, 0.2) is 0 Å². The lowest BCUT2D eigenvalue weighted by Gasteiger charge is -2.11. The van der Waals surface area contributed by atoms with Crippen molar-refractivity contribution in [1.29, 1.82) is 0 Å². The minimum atomic E-state index is -1.14. The van der Waals surface area contributed by atoms with Crippen molar-refractivity contribution in [2.75, 3.05) is 0 Å². The van der Waals surface area contributed by atoms with Crippen LogP contribution in [0.25, 0.3) is 0 Å². The third kappa shape index (κ3) is 11.2. The molecule has 0 rings (SSSR count). The van der Waals surface area contributed by atoms with Crippen LogP contribution in [0.2, 0.25) is 0 Å². The smallest absolute Gasteiger partial charge is 0.331 e. The molecule has 0 amide bonds. The van der Waals surface area contributed by atoms with E-state index >= 15 is 0 Å². The Morgan fingerprint density at radius 2 is 1.72 bits per heavy atom. The fourth-order valence-electron chi connectivity index (χ4n) is 1.65. The first-order chi connectivity index (χ1) is 8.56. The van der Waals surface area contributed by atoms with Gasteiger partial charge in [0.2, 0.25) is 0 Å². The van der Waals surface area contributed by atoms with E-state index in [4.69, 9.17) is 9.84 Å². The summed E-state index contributed by atoms with van der Waals surface area (Å²) in [5.74, 6) is -1.73. The molecule has 1 N–H and O–H groups in total. The van der Waals surface area contributed by atoms with Gasteiger partial charge in [-0.3, -0.25) is 0 Å². The van der Waals surface area contributed by atoms with E-state index in [2.05, 4.69) is 6.92 Å². The van der Waals surface area contributed by atoms with E-state index in [9.17, 15) is 9.59 Å². The Morgan fingerprint density at radius 1 is 1.11 bits per heavy atom. The summed E-state index contributed by atoms with van der Waals surface area (Å²) < 4.78 is 5.04. The third-order valence-corrected chi connectivity index (χ3v) is 2.64. The molecular weight excluding hydrogens is 232 g/mol. The highest BCUT2D eigenvalue weighted by Crippen LogP contribution is 2.10. The van der Waals surface area contributed by atoms with Crippen LogP contribution in [0.15, 0.2) is 12.2 Å². The molecule has 0 aromatic carbocycles. The minimum absolute atomic E-state index is 0.151. The number of carbonyl (C=O) groups excluding carboxylic acids is 1. The van der Waals surface area contributed by atoms with Crippen LogP contribution in [-0.2, 0) is 14.3 Å². The maximum Gasteiger partial charge on any atom is 0.331 e. The number of esters is 1. The molecule has 0 aromatic heterocycles. The minimum Gasteiger partial charge on any atom is -0.478 e. The first kappa shape index (κ1) is 16.7. The third-order valence-electron chi connectivity index (χ3n) is 2.64. The van der Waals surface area contributed by atoms with Gasteiger partial charge in [-0.1, -0.05) is 39.0 Å². The lowest BCUT2D eigenvalue weighted by atomic mass is 10.1. The second-order valence-corrected chi connectivity index (χ2v) is 4.48. The lowest BCUT2D eigenvalue weighted by Crippen LogP contribution is -2.13. The molecule has 0 aromatic rings. The molecule has 1 atom stereocenters. The van der Waals surface area contributed by atoms with Gasteiger partial charge in [-0.05, 0) is 19.8 Å². The Labute approximate surface area is 109 Å². The number of hydrogen-bond acceptors (Lipinski definition) is 3. The van der Waals surface area contributed by atoms with E-state index < -0.39 is 11.9 Å². The molecule has 0 aliphatic rings. The summed E-state index contributed by atoms with van der Waals surface area (Å²) in [6, 6.07) is 0. The first-order valence-corrected chi connectivity index (χ1v) is 6.68. The molecule has 0 bridgehead atoms. The summed E-state index contributed by atoms with van der Waals surface area (Å²) in [4.78, 5) is 21.4. The Hall–Kier alpha value is -1.32. The van der Waals surface area contributed by atoms with Crippen LogP contribution in [0, 0.1) is 0 Å². The molecule has 0 saturated heterocycles. The number of aliphatic carboxylic acids is 1. The zero-order valence-corrected chi connectivity index (χ0v) is 11.4. The van der Waals surface area contributed by atoms with Crippen molar-refractivity contribution in [3.63, 3.8) is 0 Å². The van der Waals surface area contributed by atoms with Crippen molar-refractivity contribution in [3.05, 3.63) is 12.2 Å². The van der Waals surface area contributed by atoms with Crippen LogP contribution >= 0.6 is 0 Å². The zero-order chi connectivity index (χ0) is 13.8. The van der Waals surface area contributed by atoms with Gasteiger partial charge in [0.1, 0.15) is 0 Å². The summed E-state index contributed by atoms with van der Waals surface area (Å²) in [7, 11) is 0. The molecular formula is C14H24O4. The molecule has 0 heterocycles. The van der Waals surface area contributed by atoms with Gasteiger partial charge >= 0.3 is 11.9 Å². The van der Waals surface area contributed by atoms with Crippen molar-refractivity contribution in [2.24, 2.45) is 0 Å². The second-order valence-electron chi connectivity index (χ2n) is 4.48. The average Bonchev–Trinajstić information content (AvgIpc) is 2.31. The van der Waals surface area contributed by atoms with E-state index in [0.29, 0.717) is 0 Å². The zero-order valence-electron chi connectivity index (χ0n) is 11.4. The number of carboxylic acids is 1. The van der Waals surface area contributed by atoms with Crippen molar-refractivity contribution >= 4 is 11.9 Å². The number of ether oxygens (including phenoxy) is 1. The molecule has 4 heteroatoms. The van der Waals surface area contributed by atoms with E-state index in [1.54, 1.807) is 0 Å². The van der Waals surface area contributed by atoms with Crippen LogP contribution in [-0.4, -0.2) is 23.1 Å². The molecule has 0 fully saturated rings. The number of hydrogen-bond donors (Lipinski definition) is 1. The van der Waals surface area contributed by atoms with Crippen molar-refractivity contribution in [2.45, 2.75) is 64.9 Å². The van der Waals surface area contributed by atoms with Crippen LogP contribution in [0.3, 0.4) is 0 Å². The fourth-order valence-corrected chi connectivity index (χ4v) is 1.65. The van der Waals surface area contributed by atoms with E-state index in [1.165, 1.54) is 25.7 Å². The Balaban J connectivity index is 3.55. The van der Waals surface area contributed by atoms with E-state index in [0.717, 1.165) is 31.4 Å². The predicted molar refractivity (Wildman–Crippen MR) is 70.3 cm³/mol. The van der Waals surface area contributed by atoms with Gasteiger partial charge in [0.25, 0.3) is 0 Å². The number of rotatable bonds is 10. The largest absolute Gasteiger partial charge is 0.478 e. The van der Waals surface area contributed by atoms with Crippen molar-refractivity contribution in [3.8, 4) is 0 Å². The Bertz CT molecular complexity index is 271.